The molecule has 0 aliphatic carbocycles. The number of aryl methyl sites for hydroxylation is 1. The van der Waals surface area contributed by atoms with E-state index in [-0.39, 0.29) is 5.75 Å². The van der Waals surface area contributed by atoms with Gasteiger partial charge in [-0.25, -0.2) is 4.98 Å². The predicted molar refractivity (Wildman–Crippen MR) is 115 cm³/mol. The molecule has 0 saturated heterocycles. The zero-order valence-corrected chi connectivity index (χ0v) is 16.6. The molecule has 5 nitrogen and oxygen atoms in total. The number of aromatic hydroxyl groups is 1. The molecule has 0 atom stereocenters. The summed E-state index contributed by atoms with van der Waals surface area (Å²) in [6.07, 6.45) is 1.64. The highest BCUT2D eigenvalue weighted by Crippen LogP contribution is 2.33. The third kappa shape index (κ3) is 3.72. The maximum Gasteiger partial charge on any atom is 0.227 e. The van der Waals surface area contributed by atoms with Crippen molar-refractivity contribution in [1.82, 2.24) is 4.98 Å². The Morgan fingerprint density at radius 1 is 1.10 bits per heavy atom. The first-order valence-corrected chi connectivity index (χ1v) is 9.53. The predicted octanol–water partition coefficient (Wildman–Crippen LogP) is 5.97. The lowest BCUT2D eigenvalue weighted by Crippen LogP contribution is -1.93. The molecule has 0 amide bonds. The lowest BCUT2D eigenvalue weighted by atomic mass is 10.1. The molecule has 29 heavy (non-hydrogen) atoms. The number of aromatic nitrogens is 1. The van der Waals surface area contributed by atoms with Crippen molar-refractivity contribution in [3.63, 3.8) is 0 Å². The quantitative estimate of drug-likeness (QED) is 0.429. The minimum absolute atomic E-state index is 0.0845. The zero-order valence-electron chi connectivity index (χ0n) is 16.6. The average Bonchev–Trinajstić information content (AvgIpc) is 3.12. The Morgan fingerprint density at radius 3 is 2.76 bits per heavy atom. The lowest BCUT2D eigenvalue weighted by Gasteiger charge is -2.08. The number of fused-ring (bicyclic) bond motifs is 1. The fourth-order valence-electron chi connectivity index (χ4n) is 3.20. The van der Waals surface area contributed by atoms with Crippen LogP contribution in [-0.2, 0) is 0 Å². The summed E-state index contributed by atoms with van der Waals surface area (Å²) in [5.74, 6) is 1.10. The van der Waals surface area contributed by atoms with Gasteiger partial charge in [0, 0.05) is 17.3 Å². The Bertz CT molecular complexity index is 1210. The van der Waals surface area contributed by atoms with Crippen LogP contribution >= 0.6 is 0 Å². The fraction of sp³-hybridized carbons (Fsp3) is 0.167. The van der Waals surface area contributed by atoms with Crippen LogP contribution in [0.5, 0.6) is 11.5 Å². The molecular formula is C24H22N2O3. The van der Waals surface area contributed by atoms with Crippen LogP contribution in [0.25, 0.3) is 22.6 Å². The third-order valence-corrected chi connectivity index (χ3v) is 4.75. The maximum absolute atomic E-state index is 10.4. The van der Waals surface area contributed by atoms with E-state index in [1.54, 1.807) is 18.3 Å². The number of nitrogens with zero attached hydrogens (tertiary/aromatic N) is 2. The van der Waals surface area contributed by atoms with Crippen molar-refractivity contribution in [2.45, 2.75) is 20.8 Å². The summed E-state index contributed by atoms with van der Waals surface area (Å²) >= 11 is 0. The highest BCUT2D eigenvalue weighted by Gasteiger charge is 2.13. The monoisotopic (exact) mass is 386 g/mol. The Morgan fingerprint density at radius 2 is 1.93 bits per heavy atom. The summed E-state index contributed by atoms with van der Waals surface area (Å²) in [6, 6.07) is 17.1. The number of hydrogen-bond donors (Lipinski definition) is 1. The number of para-hydroxylation sites is 1. The topological polar surface area (TPSA) is 67.9 Å². The van der Waals surface area contributed by atoms with Gasteiger partial charge in [-0.05, 0) is 68.3 Å². The van der Waals surface area contributed by atoms with Gasteiger partial charge in [-0.2, -0.15) is 0 Å². The Kier molecular flexibility index (Phi) is 5.04. The van der Waals surface area contributed by atoms with E-state index in [0.717, 1.165) is 33.5 Å². The van der Waals surface area contributed by atoms with Crippen molar-refractivity contribution in [3.8, 4) is 23.0 Å². The highest BCUT2D eigenvalue weighted by atomic mass is 16.5. The van der Waals surface area contributed by atoms with Gasteiger partial charge in [-0.1, -0.05) is 18.2 Å². The van der Waals surface area contributed by atoms with Gasteiger partial charge in [0.2, 0.25) is 5.89 Å². The van der Waals surface area contributed by atoms with E-state index in [1.807, 2.05) is 63.2 Å². The second kappa shape index (κ2) is 7.80. The summed E-state index contributed by atoms with van der Waals surface area (Å²) in [4.78, 5) is 9.22. The summed E-state index contributed by atoms with van der Waals surface area (Å²) in [5, 5.41) is 10.4. The van der Waals surface area contributed by atoms with Gasteiger partial charge in [0.05, 0.1) is 12.3 Å². The van der Waals surface area contributed by atoms with E-state index in [9.17, 15) is 5.11 Å². The minimum Gasteiger partial charge on any atom is -0.504 e. The number of hydrogen-bond acceptors (Lipinski definition) is 5. The van der Waals surface area contributed by atoms with Crippen LogP contribution in [0, 0.1) is 13.8 Å². The summed E-state index contributed by atoms with van der Waals surface area (Å²) in [5.41, 5.74) is 5.96. The minimum atomic E-state index is 0.0845. The second-order valence-corrected chi connectivity index (χ2v) is 6.83. The van der Waals surface area contributed by atoms with Crippen LogP contribution in [0.1, 0.15) is 23.6 Å². The van der Waals surface area contributed by atoms with Crippen molar-refractivity contribution in [2.75, 3.05) is 6.61 Å². The van der Waals surface area contributed by atoms with Gasteiger partial charge in [0.25, 0.3) is 0 Å². The van der Waals surface area contributed by atoms with Crippen LogP contribution in [0.2, 0.25) is 0 Å². The van der Waals surface area contributed by atoms with Gasteiger partial charge in [0.1, 0.15) is 5.52 Å². The number of phenolic OH excluding ortho intramolecular Hbond substituents is 1. The van der Waals surface area contributed by atoms with Crippen LogP contribution in [0.15, 0.2) is 64.0 Å². The summed E-state index contributed by atoms with van der Waals surface area (Å²) in [7, 11) is 0. The van der Waals surface area contributed by atoms with Crippen LogP contribution in [-0.4, -0.2) is 22.9 Å². The van der Waals surface area contributed by atoms with Crippen molar-refractivity contribution in [2.24, 2.45) is 4.99 Å². The number of aliphatic imine (C=N–C) groups is 1. The zero-order chi connectivity index (χ0) is 20.4. The van der Waals surface area contributed by atoms with Crippen LogP contribution < -0.4 is 4.74 Å². The molecule has 4 rings (SSSR count). The van der Waals surface area contributed by atoms with E-state index in [4.69, 9.17) is 9.15 Å². The van der Waals surface area contributed by atoms with Gasteiger partial charge >= 0.3 is 0 Å². The highest BCUT2D eigenvalue weighted by molar-refractivity contribution is 5.87. The standard InChI is InChI=1S/C24H22N2O3/c1-4-28-22-10-5-7-17(23(22)27)14-25-19-9-6-8-18(16(19)3)24-26-20-13-15(2)11-12-21(20)29-24/h5-14,27H,4H2,1-3H3. The fourth-order valence-corrected chi connectivity index (χ4v) is 3.20. The molecular weight excluding hydrogens is 364 g/mol. The SMILES string of the molecule is CCOc1cccc(C=Nc2cccc(-c3nc4cc(C)ccc4o3)c2C)c1O. The summed E-state index contributed by atoms with van der Waals surface area (Å²) in [6.45, 7) is 6.38. The van der Waals surface area contributed by atoms with Gasteiger partial charge in [0.15, 0.2) is 17.1 Å². The first-order chi connectivity index (χ1) is 14.1. The van der Waals surface area contributed by atoms with Crippen molar-refractivity contribution in [1.29, 1.82) is 0 Å². The van der Waals surface area contributed by atoms with Crippen LogP contribution in [0.4, 0.5) is 5.69 Å². The molecule has 1 N–H and O–H groups in total. The Balaban J connectivity index is 1.70. The summed E-state index contributed by atoms with van der Waals surface area (Å²) < 4.78 is 11.4. The molecule has 1 heterocycles. The molecule has 0 bridgehead atoms. The Hall–Kier alpha value is -3.60. The molecule has 0 unspecified atom stereocenters. The van der Waals surface area contributed by atoms with E-state index < -0.39 is 0 Å². The van der Waals surface area contributed by atoms with E-state index in [1.165, 1.54) is 0 Å². The largest absolute Gasteiger partial charge is 0.504 e. The number of phenols is 1. The normalized spacial score (nSPS) is 11.4. The average molecular weight is 386 g/mol. The lowest BCUT2D eigenvalue weighted by molar-refractivity contribution is 0.318. The molecule has 4 aromatic rings. The first kappa shape index (κ1) is 18.7. The number of benzene rings is 3. The smallest absolute Gasteiger partial charge is 0.227 e. The van der Waals surface area contributed by atoms with Gasteiger partial charge < -0.3 is 14.3 Å². The molecule has 146 valence electrons. The first-order valence-electron chi connectivity index (χ1n) is 9.53. The molecule has 5 heteroatoms. The molecule has 3 aromatic carbocycles. The van der Waals surface area contributed by atoms with Crippen molar-refractivity contribution in [3.05, 3.63) is 71.3 Å². The molecule has 0 saturated carbocycles. The van der Waals surface area contributed by atoms with E-state index in [0.29, 0.717) is 23.8 Å². The molecule has 0 aliphatic heterocycles. The Labute approximate surface area is 169 Å². The molecule has 0 aliphatic rings. The third-order valence-electron chi connectivity index (χ3n) is 4.75. The number of rotatable bonds is 5. The van der Waals surface area contributed by atoms with Gasteiger partial charge in [-0.15, -0.1) is 0 Å². The van der Waals surface area contributed by atoms with E-state index >= 15 is 0 Å². The molecule has 1 aromatic heterocycles. The van der Waals surface area contributed by atoms with Gasteiger partial charge in [-0.3, -0.25) is 4.99 Å². The molecule has 0 fully saturated rings. The van der Waals surface area contributed by atoms with E-state index in [2.05, 4.69) is 9.98 Å². The van der Waals surface area contributed by atoms with Crippen molar-refractivity contribution >= 4 is 23.0 Å². The number of oxazole rings is 1. The molecule has 0 spiro atoms. The molecule has 0 radical (unpaired) electrons. The number of ether oxygens (including phenoxy) is 1. The second-order valence-electron chi connectivity index (χ2n) is 6.83. The van der Waals surface area contributed by atoms with Crippen LogP contribution in [0.3, 0.4) is 0 Å². The van der Waals surface area contributed by atoms with Crippen molar-refractivity contribution < 1.29 is 14.3 Å². The maximum atomic E-state index is 10.4.